The topological polar surface area (TPSA) is 87.7 Å². The SMILES string of the molecule is CCCCN(C(=O)C(CCSC)NC(=O)OC(C)(C)C)C(C(=O)NC(C)C)c1c(C)cccc1C. The molecule has 0 aliphatic rings. The Morgan fingerprint density at radius 3 is 2.17 bits per heavy atom. The van der Waals surface area contributed by atoms with Gasteiger partial charge in [-0.05, 0) is 90.0 Å². The maximum atomic E-state index is 14.1. The Labute approximate surface area is 216 Å². The summed E-state index contributed by atoms with van der Waals surface area (Å²) < 4.78 is 5.44. The number of benzene rings is 1. The maximum Gasteiger partial charge on any atom is 0.408 e. The van der Waals surface area contributed by atoms with Crippen LogP contribution < -0.4 is 10.6 Å². The molecule has 2 N–H and O–H groups in total. The summed E-state index contributed by atoms with van der Waals surface area (Å²) in [5.41, 5.74) is 2.04. The molecule has 0 saturated carbocycles. The summed E-state index contributed by atoms with van der Waals surface area (Å²) >= 11 is 1.60. The van der Waals surface area contributed by atoms with Gasteiger partial charge in [-0.25, -0.2) is 4.79 Å². The Kier molecular flexibility index (Phi) is 12.6. The van der Waals surface area contributed by atoms with Gasteiger partial charge in [0.25, 0.3) is 0 Å². The van der Waals surface area contributed by atoms with E-state index in [1.807, 2.05) is 52.1 Å². The molecule has 2 unspecified atom stereocenters. The number of hydrogen-bond acceptors (Lipinski definition) is 5. The first-order valence-corrected chi connectivity index (χ1v) is 13.9. The monoisotopic (exact) mass is 507 g/mol. The predicted octanol–water partition coefficient (Wildman–Crippen LogP) is 5.14. The molecule has 1 aromatic rings. The molecule has 0 aliphatic heterocycles. The Balaban J connectivity index is 3.52. The van der Waals surface area contributed by atoms with E-state index in [0.717, 1.165) is 29.5 Å². The fourth-order valence-electron chi connectivity index (χ4n) is 3.89. The van der Waals surface area contributed by atoms with Gasteiger partial charge in [0.1, 0.15) is 17.7 Å². The number of aryl methyl sites for hydroxylation is 2. The molecule has 8 heteroatoms. The van der Waals surface area contributed by atoms with Crippen molar-refractivity contribution in [3.63, 3.8) is 0 Å². The third kappa shape index (κ3) is 10.1. The lowest BCUT2D eigenvalue weighted by molar-refractivity contribution is -0.142. The van der Waals surface area contributed by atoms with E-state index >= 15 is 0 Å². The second-order valence-electron chi connectivity index (χ2n) is 10.2. The molecule has 35 heavy (non-hydrogen) atoms. The van der Waals surface area contributed by atoms with Crippen LogP contribution in [0.3, 0.4) is 0 Å². The highest BCUT2D eigenvalue weighted by Gasteiger charge is 2.37. The van der Waals surface area contributed by atoms with Gasteiger partial charge < -0.3 is 20.3 Å². The zero-order valence-electron chi connectivity index (χ0n) is 23.0. The van der Waals surface area contributed by atoms with Crippen LogP contribution in [0.5, 0.6) is 0 Å². The molecule has 0 saturated heterocycles. The van der Waals surface area contributed by atoms with Gasteiger partial charge in [-0.3, -0.25) is 9.59 Å². The first-order chi connectivity index (χ1) is 16.3. The van der Waals surface area contributed by atoms with Crippen molar-refractivity contribution in [2.75, 3.05) is 18.6 Å². The number of amides is 3. The molecule has 0 heterocycles. The average molecular weight is 508 g/mol. The van der Waals surface area contributed by atoms with Crippen molar-refractivity contribution < 1.29 is 19.1 Å². The van der Waals surface area contributed by atoms with Crippen molar-refractivity contribution in [3.8, 4) is 0 Å². The van der Waals surface area contributed by atoms with Crippen molar-refractivity contribution in [2.24, 2.45) is 0 Å². The van der Waals surface area contributed by atoms with E-state index in [2.05, 4.69) is 17.6 Å². The maximum absolute atomic E-state index is 14.1. The van der Waals surface area contributed by atoms with E-state index in [-0.39, 0.29) is 17.9 Å². The minimum Gasteiger partial charge on any atom is -0.444 e. The lowest BCUT2D eigenvalue weighted by atomic mass is 9.93. The summed E-state index contributed by atoms with van der Waals surface area (Å²) in [6, 6.07) is 4.21. The Morgan fingerprint density at radius 2 is 1.69 bits per heavy atom. The fraction of sp³-hybridized carbons (Fsp3) is 0.667. The normalized spacial score (nSPS) is 13.2. The standard InChI is InChI=1S/C27H45N3O4S/c1-10-11-16-30(25(32)21(15-17-35-9)29-26(33)34-27(6,7)8)23(24(31)28-18(2)3)22-19(4)13-12-14-20(22)5/h12-14,18,21,23H,10-11,15-17H2,1-9H3,(H,28,31)(H,29,33). The molecule has 0 radical (unpaired) electrons. The molecule has 0 bridgehead atoms. The molecule has 198 valence electrons. The first kappa shape index (κ1) is 30.8. The van der Waals surface area contributed by atoms with Crippen LogP contribution in [-0.4, -0.2) is 59.0 Å². The molecule has 1 rings (SSSR count). The van der Waals surface area contributed by atoms with E-state index in [1.165, 1.54) is 0 Å². The van der Waals surface area contributed by atoms with Crippen LogP contribution in [0.25, 0.3) is 0 Å². The van der Waals surface area contributed by atoms with E-state index in [4.69, 9.17) is 4.74 Å². The summed E-state index contributed by atoms with van der Waals surface area (Å²) in [4.78, 5) is 41.9. The highest BCUT2D eigenvalue weighted by molar-refractivity contribution is 7.98. The number of alkyl carbamates (subject to hydrolysis) is 1. The summed E-state index contributed by atoms with van der Waals surface area (Å²) in [5, 5.41) is 5.80. The summed E-state index contributed by atoms with van der Waals surface area (Å²) in [6.07, 6.45) is 3.36. The molecule has 7 nitrogen and oxygen atoms in total. The van der Waals surface area contributed by atoms with Crippen LogP contribution in [-0.2, 0) is 14.3 Å². The highest BCUT2D eigenvalue weighted by atomic mass is 32.2. The van der Waals surface area contributed by atoms with Crippen LogP contribution in [0.4, 0.5) is 4.79 Å². The first-order valence-electron chi connectivity index (χ1n) is 12.5. The van der Waals surface area contributed by atoms with Crippen molar-refractivity contribution in [1.29, 1.82) is 0 Å². The molecule has 3 amide bonds. The van der Waals surface area contributed by atoms with E-state index in [1.54, 1.807) is 37.4 Å². The number of unbranched alkanes of at least 4 members (excludes halogenated alkanes) is 1. The number of thioether (sulfide) groups is 1. The van der Waals surface area contributed by atoms with Crippen LogP contribution in [0, 0.1) is 13.8 Å². The zero-order chi connectivity index (χ0) is 26.8. The number of nitrogens with one attached hydrogen (secondary N) is 2. The van der Waals surface area contributed by atoms with E-state index in [0.29, 0.717) is 18.7 Å². The number of hydrogen-bond donors (Lipinski definition) is 2. The van der Waals surface area contributed by atoms with Gasteiger partial charge >= 0.3 is 6.09 Å². The van der Waals surface area contributed by atoms with E-state index in [9.17, 15) is 14.4 Å². The molecule has 0 aromatic heterocycles. The second-order valence-corrected chi connectivity index (χ2v) is 11.2. The van der Waals surface area contributed by atoms with Crippen LogP contribution >= 0.6 is 11.8 Å². The van der Waals surface area contributed by atoms with Crippen molar-refractivity contribution in [1.82, 2.24) is 15.5 Å². The van der Waals surface area contributed by atoms with Crippen LogP contribution in [0.2, 0.25) is 0 Å². The van der Waals surface area contributed by atoms with Gasteiger partial charge in [0.15, 0.2) is 0 Å². The second kappa shape index (κ2) is 14.4. The number of ether oxygens (including phenoxy) is 1. The Bertz CT molecular complexity index is 831. The van der Waals surface area contributed by atoms with Gasteiger partial charge in [-0.1, -0.05) is 31.5 Å². The van der Waals surface area contributed by atoms with Gasteiger partial charge in [0, 0.05) is 12.6 Å². The summed E-state index contributed by atoms with van der Waals surface area (Å²) in [6.45, 7) is 15.5. The van der Waals surface area contributed by atoms with Crippen molar-refractivity contribution >= 4 is 29.7 Å². The zero-order valence-corrected chi connectivity index (χ0v) is 23.8. The Hall–Kier alpha value is -2.22. The largest absolute Gasteiger partial charge is 0.444 e. The van der Waals surface area contributed by atoms with Gasteiger partial charge in [-0.15, -0.1) is 0 Å². The number of nitrogens with zero attached hydrogens (tertiary/aromatic N) is 1. The number of carbonyl (C=O) groups is 3. The minimum absolute atomic E-state index is 0.0790. The molecular weight excluding hydrogens is 462 g/mol. The molecule has 2 atom stereocenters. The minimum atomic E-state index is -0.798. The quantitative estimate of drug-likeness (QED) is 0.409. The fourth-order valence-corrected chi connectivity index (χ4v) is 4.36. The smallest absolute Gasteiger partial charge is 0.408 e. The lowest BCUT2D eigenvalue weighted by Gasteiger charge is -2.36. The van der Waals surface area contributed by atoms with Crippen molar-refractivity contribution in [2.45, 2.75) is 98.4 Å². The average Bonchev–Trinajstić information content (AvgIpc) is 2.73. The lowest BCUT2D eigenvalue weighted by Crippen LogP contribution is -2.54. The van der Waals surface area contributed by atoms with Gasteiger partial charge in [0.2, 0.25) is 11.8 Å². The summed E-state index contributed by atoms with van der Waals surface area (Å²) in [5.74, 6) is 0.188. The van der Waals surface area contributed by atoms with Gasteiger partial charge in [-0.2, -0.15) is 11.8 Å². The molecule has 1 aromatic carbocycles. The van der Waals surface area contributed by atoms with Crippen LogP contribution in [0.15, 0.2) is 18.2 Å². The molecule has 0 fully saturated rings. The molecule has 0 aliphatic carbocycles. The molecule has 0 spiro atoms. The molecular formula is C27H45N3O4S. The summed E-state index contributed by atoms with van der Waals surface area (Å²) in [7, 11) is 0. The van der Waals surface area contributed by atoms with E-state index < -0.39 is 23.8 Å². The predicted molar refractivity (Wildman–Crippen MR) is 145 cm³/mol. The highest BCUT2D eigenvalue weighted by Crippen LogP contribution is 2.29. The van der Waals surface area contributed by atoms with Gasteiger partial charge in [0.05, 0.1) is 0 Å². The number of carbonyl (C=O) groups excluding carboxylic acids is 3. The van der Waals surface area contributed by atoms with Crippen LogP contribution in [0.1, 0.15) is 83.5 Å². The third-order valence-electron chi connectivity index (χ3n) is 5.44. The Morgan fingerprint density at radius 1 is 1.09 bits per heavy atom. The third-order valence-corrected chi connectivity index (χ3v) is 6.09. The number of rotatable bonds is 12. The van der Waals surface area contributed by atoms with Crippen molar-refractivity contribution in [3.05, 3.63) is 34.9 Å².